The summed E-state index contributed by atoms with van der Waals surface area (Å²) in [6, 6.07) is 7.42. The van der Waals surface area contributed by atoms with Crippen molar-refractivity contribution in [2.24, 2.45) is 17.3 Å². The van der Waals surface area contributed by atoms with Gasteiger partial charge in [0.15, 0.2) is 0 Å². The van der Waals surface area contributed by atoms with Crippen molar-refractivity contribution in [1.29, 1.82) is 0 Å². The number of nitrogens with one attached hydrogen (secondary N) is 2. The zero-order chi connectivity index (χ0) is 45.5. The lowest BCUT2D eigenvalue weighted by molar-refractivity contribution is -0.189. The molecule has 17 nitrogen and oxygen atoms in total. The molecule has 3 aromatic heterocycles. The van der Waals surface area contributed by atoms with Gasteiger partial charge in [-0.25, -0.2) is 14.6 Å². The first-order chi connectivity index (χ1) is 29.9. The van der Waals surface area contributed by atoms with Crippen LogP contribution in [0, 0.1) is 17.3 Å². The smallest absolute Gasteiger partial charge is 0.355 e. The second-order valence-corrected chi connectivity index (χ2v) is 19.0. The predicted octanol–water partition coefficient (Wildman–Crippen LogP) is 4.62. The van der Waals surface area contributed by atoms with Crippen molar-refractivity contribution in [3.05, 3.63) is 58.2 Å². The second-order valence-electron chi connectivity index (χ2n) is 18.0. The van der Waals surface area contributed by atoms with Crippen molar-refractivity contribution in [2.75, 3.05) is 40.4 Å². The number of thiazole rings is 1. The van der Waals surface area contributed by atoms with Gasteiger partial charge in [-0.15, -0.1) is 11.3 Å². The number of rotatable bonds is 9. The third kappa shape index (κ3) is 9.03. The number of aliphatic hydroxyl groups is 1. The maximum absolute atomic E-state index is 14.5. The number of benzene rings is 1. The third-order valence-corrected chi connectivity index (χ3v) is 13.2. The Hall–Kier alpha value is -5.43. The number of aromatic nitrogens is 3. The maximum Gasteiger partial charge on any atom is 0.355 e. The number of fused-ring (bicyclic) bond motifs is 6. The SMILES string of the molecule is CCn1c(-c2cccnc2[C@H](C)OC)c2c3cc(ccc31)-c1csc(n1)C[C@H](NC(=O)[C@H](C(C)C)N(C)C(=O)N1CC(C(=O)O)C1)C(=O)N1CCC[C@@](O)(N1)C(=O)OCC(C)(C)C2. The van der Waals surface area contributed by atoms with Crippen LogP contribution in [0.25, 0.3) is 33.4 Å². The van der Waals surface area contributed by atoms with Crippen molar-refractivity contribution in [1.82, 2.24) is 40.1 Å². The van der Waals surface area contributed by atoms with Gasteiger partial charge in [0.25, 0.3) is 5.91 Å². The molecule has 0 spiro atoms. The summed E-state index contributed by atoms with van der Waals surface area (Å²) in [7, 11) is 3.14. The van der Waals surface area contributed by atoms with Crippen LogP contribution in [-0.4, -0.2) is 128 Å². The van der Waals surface area contributed by atoms with Gasteiger partial charge in [0.05, 0.1) is 40.7 Å². The van der Waals surface area contributed by atoms with E-state index in [2.05, 4.69) is 40.4 Å². The first-order valence-corrected chi connectivity index (χ1v) is 22.4. The first-order valence-electron chi connectivity index (χ1n) is 21.5. The fraction of sp³-hybridized carbons (Fsp3) is 0.533. The molecule has 63 heavy (non-hydrogen) atoms. The molecule has 0 saturated carbocycles. The van der Waals surface area contributed by atoms with Crippen molar-refractivity contribution < 1.29 is 43.7 Å². The number of carboxylic acids is 1. The number of carbonyl (C=O) groups excluding carboxylic acids is 4. The van der Waals surface area contributed by atoms with E-state index in [0.29, 0.717) is 23.7 Å². The number of likely N-dealkylation sites (tertiary alicyclic amines) is 1. The lowest BCUT2D eigenvalue weighted by atomic mass is 9.84. The Balaban J connectivity index is 1.30. The number of hydrogen-bond donors (Lipinski definition) is 4. The number of nitrogens with zero attached hydrogens (tertiary/aromatic N) is 6. The molecule has 4 aromatic rings. The normalized spacial score (nSPS) is 21.7. The molecule has 7 rings (SSSR count). The average Bonchev–Trinajstić information content (AvgIpc) is 3.82. The number of hydrogen-bond acceptors (Lipinski definition) is 12. The van der Waals surface area contributed by atoms with Crippen molar-refractivity contribution in [3.63, 3.8) is 0 Å². The van der Waals surface area contributed by atoms with E-state index >= 15 is 0 Å². The number of likely N-dealkylation sites (N-methyl/N-ethyl adjacent to an activating group) is 1. The number of hydrazine groups is 1. The Labute approximate surface area is 370 Å². The fourth-order valence-electron chi connectivity index (χ4n) is 8.92. The van der Waals surface area contributed by atoms with Crippen LogP contribution in [-0.2, 0) is 48.0 Å². The maximum atomic E-state index is 14.5. The number of carboxylic acid groups (broad SMARTS) is 1. The summed E-state index contributed by atoms with van der Waals surface area (Å²) >= 11 is 1.33. The molecule has 1 aromatic carbocycles. The number of urea groups is 1. The molecular weight excluding hydrogens is 829 g/mol. The quantitative estimate of drug-likeness (QED) is 0.170. The van der Waals surface area contributed by atoms with E-state index in [4.69, 9.17) is 19.4 Å². The number of carbonyl (C=O) groups is 5. The molecule has 0 aliphatic carbocycles. The van der Waals surface area contributed by atoms with E-state index in [1.807, 2.05) is 38.3 Å². The lowest BCUT2D eigenvalue weighted by Gasteiger charge is -2.42. The largest absolute Gasteiger partial charge is 0.481 e. The monoisotopic (exact) mass is 886 g/mol. The first kappa shape index (κ1) is 45.6. The Kier molecular flexibility index (Phi) is 13.0. The number of esters is 1. The van der Waals surface area contributed by atoms with E-state index in [1.54, 1.807) is 27.2 Å². The van der Waals surface area contributed by atoms with Crippen LogP contribution in [0.1, 0.15) is 76.8 Å². The molecule has 18 heteroatoms. The fourth-order valence-corrected chi connectivity index (χ4v) is 9.77. The molecule has 2 saturated heterocycles. The molecular formula is C45H58N8O9S. The molecule has 6 heterocycles. The summed E-state index contributed by atoms with van der Waals surface area (Å²) in [6.45, 7) is 12.4. The van der Waals surface area contributed by atoms with Crippen molar-refractivity contribution in [2.45, 2.75) is 97.7 Å². The highest BCUT2D eigenvalue weighted by molar-refractivity contribution is 7.10. The molecule has 3 aliphatic rings. The van der Waals surface area contributed by atoms with Gasteiger partial charge in [-0.1, -0.05) is 33.8 Å². The third-order valence-electron chi connectivity index (χ3n) is 12.4. The Morgan fingerprint density at radius 3 is 2.59 bits per heavy atom. The second kappa shape index (κ2) is 18.0. The molecule has 0 unspecified atom stereocenters. The molecule has 3 aliphatic heterocycles. The van der Waals surface area contributed by atoms with Gasteiger partial charge < -0.3 is 39.4 Å². The summed E-state index contributed by atoms with van der Waals surface area (Å²) in [5.74, 6) is -4.22. The summed E-state index contributed by atoms with van der Waals surface area (Å²) in [4.78, 5) is 79.9. The molecule has 4 amide bonds. The minimum Gasteiger partial charge on any atom is -0.481 e. The van der Waals surface area contributed by atoms with E-state index in [9.17, 15) is 34.2 Å². The number of aliphatic carboxylic acids is 1. The highest BCUT2D eigenvalue weighted by Gasteiger charge is 2.46. The Morgan fingerprint density at radius 2 is 1.90 bits per heavy atom. The Bertz CT molecular complexity index is 2410. The highest BCUT2D eigenvalue weighted by atomic mass is 32.1. The minimum absolute atomic E-state index is 0.0249. The van der Waals surface area contributed by atoms with Gasteiger partial charge in [-0.3, -0.25) is 24.4 Å². The number of amides is 4. The van der Waals surface area contributed by atoms with Gasteiger partial charge in [-0.2, -0.15) is 5.43 Å². The number of pyridine rings is 1. The van der Waals surface area contributed by atoms with Crippen LogP contribution in [0.4, 0.5) is 4.79 Å². The zero-order valence-corrected chi connectivity index (χ0v) is 38.0. The van der Waals surface area contributed by atoms with Crippen molar-refractivity contribution in [3.8, 4) is 22.5 Å². The topological polar surface area (TPSA) is 209 Å². The van der Waals surface area contributed by atoms with Crippen LogP contribution >= 0.6 is 11.3 Å². The van der Waals surface area contributed by atoms with Crippen LogP contribution in [0.3, 0.4) is 0 Å². The van der Waals surface area contributed by atoms with Crippen molar-refractivity contribution >= 4 is 52.0 Å². The van der Waals surface area contributed by atoms with Crippen LogP contribution in [0.15, 0.2) is 41.9 Å². The lowest BCUT2D eigenvalue weighted by Crippen LogP contribution is -2.67. The molecule has 338 valence electrons. The zero-order valence-electron chi connectivity index (χ0n) is 37.1. The van der Waals surface area contributed by atoms with Gasteiger partial charge in [0.2, 0.25) is 11.6 Å². The number of ether oxygens (including phenoxy) is 2. The average molecular weight is 887 g/mol. The summed E-state index contributed by atoms with van der Waals surface area (Å²) in [6.07, 6.45) is 2.14. The molecule has 6 bridgehead atoms. The van der Waals surface area contributed by atoms with Crippen LogP contribution in [0.5, 0.6) is 0 Å². The number of methoxy groups -OCH3 is 1. The van der Waals surface area contributed by atoms with Gasteiger partial charge in [-0.05, 0) is 62.4 Å². The van der Waals surface area contributed by atoms with Gasteiger partial charge in [0.1, 0.15) is 12.1 Å². The summed E-state index contributed by atoms with van der Waals surface area (Å²) in [5, 5.41) is 28.6. The molecule has 4 N–H and O–H groups in total. The van der Waals surface area contributed by atoms with Gasteiger partial charge in [0, 0.05) is 92.2 Å². The van der Waals surface area contributed by atoms with Gasteiger partial charge >= 0.3 is 18.0 Å². The predicted molar refractivity (Wildman–Crippen MR) is 235 cm³/mol. The summed E-state index contributed by atoms with van der Waals surface area (Å²) in [5.41, 5.74) is 6.09. The van der Waals surface area contributed by atoms with E-state index < -0.39 is 64.8 Å². The number of aryl methyl sites for hydroxylation is 1. The van der Waals surface area contributed by atoms with E-state index in [1.165, 1.54) is 28.2 Å². The molecule has 0 radical (unpaired) electrons. The molecule has 2 fully saturated rings. The van der Waals surface area contributed by atoms with E-state index in [-0.39, 0.29) is 51.6 Å². The van der Waals surface area contributed by atoms with E-state index in [0.717, 1.165) is 44.0 Å². The minimum atomic E-state index is -2.24. The highest BCUT2D eigenvalue weighted by Crippen LogP contribution is 2.42. The van der Waals surface area contributed by atoms with Crippen LogP contribution < -0.4 is 10.7 Å². The Morgan fingerprint density at radius 1 is 1.16 bits per heavy atom. The molecule has 4 atom stereocenters. The standard InChI is InChI=1S/C45H58N8O9S/c1-9-52-34-14-13-27-18-30(34)31(38(52)29-12-10-16-46-36(29)26(4)61-8)20-44(5,6)24-62-42(58)45(60)15-11-17-53(49-45)40(55)32(19-35-47-33(27)23-63-35)48-39(54)37(25(2)3)50(7)43(59)51-21-28(22-51)41(56)57/h10,12-14,16,18,23,25-26,28,32,37,49,60H,9,11,15,17,19-22,24H2,1-8H3,(H,48,54)(H,56,57)/t26-,32-,37-,45-/m0/s1. The van der Waals surface area contributed by atoms with Crippen LogP contribution in [0.2, 0.25) is 0 Å². The number of cyclic esters (lactones) is 1. The summed E-state index contributed by atoms with van der Waals surface area (Å²) < 4.78 is 14.0.